The molecular weight excluding hydrogens is 228 g/mol. The van der Waals surface area contributed by atoms with E-state index in [1.165, 1.54) is 6.33 Å². The number of hydrogen-bond acceptors (Lipinski definition) is 5. The zero-order valence-corrected chi connectivity index (χ0v) is 10.8. The highest BCUT2D eigenvalue weighted by Crippen LogP contribution is 2.07. The Morgan fingerprint density at radius 2 is 2.22 bits per heavy atom. The molecule has 0 atom stereocenters. The molecular formula is C12H18N6. The maximum Gasteiger partial charge on any atom is 0.137 e. The van der Waals surface area contributed by atoms with Gasteiger partial charge in [0.15, 0.2) is 0 Å². The van der Waals surface area contributed by atoms with E-state index in [4.69, 9.17) is 0 Å². The van der Waals surface area contributed by atoms with Crippen LogP contribution in [0.3, 0.4) is 0 Å². The van der Waals surface area contributed by atoms with E-state index >= 15 is 0 Å². The Morgan fingerprint density at radius 1 is 1.33 bits per heavy atom. The zero-order chi connectivity index (χ0) is 12.8. The van der Waals surface area contributed by atoms with Crippen LogP contribution in [0, 0.1) is 6.92 Å². The fourth-order valence-corrected chi connectivity index (χ4v) is 1.72. The fourth-order valence-electron chi connectivity index (χ4n) is 1.72. The summed E-state index contributed by atoms with van der Waals surface area (Å²) in [6.45, 7) is 4.87. The maximum atomic E-state index is 4.36. The molecule has 0 aliphatic heterocycles. The van der Waals surface area contributed by atoms with Crippen molar-refractivity contribution in [2.45, 2.75) is 33.1 Å². The molecule has 0 spiro atoms. The first-order valence-corrected chi connectivity index (χ1v) is 6.20. The highest BCUT2D eigenvalue weighted by molar-refractivity contribution is 5.35. The van der Waals surface area contributed by atoms with Crippen LogP contribution in [0.2, 0.25) is 0 Å². The third kappa shape index (κ3) is 3.51. The van der Waals surface area contributed by atoms with Crippen LogP contribution >= 0.6 is 0 Å². The van der Waals surface area contributed by atoms with Gasteiger partial charge in [0.2, 0.25) is 0 Å². The molecule has 0 aliphatic rings. The van der Waals surface area contributed by atoms with Crippen molar-refractivity contribution in [3.05, 3.63) is 29.7 Å². The van der Waals surface area contributed by atoms with Crippen molar-refractivity contribution in [2.75, 3.05) is 11.9 Å². The van der Waals surface area contributed by atoms with Crippen LogP contribution in [0.1, 0.15) is 30.7 Å². The predicted molar refractivity (Wildman–Crippen MR) is 69.3 cm³/mol. The van der Waals surface area contributed by atoms with Crippen LogP contribution in [-0.2, 0) is 12.8 Å². The minimum atomic E-state index is 0.812. The monoisotopic (exact) mass is 246 g/mol. The number of nitrogens with zero attached hydrogens (tertiary/aromatic N) is 4. The first kappa shape index (κ1) is 12.5. The van der Waals surface area contributed by atoms with Crippen LogP contribution in [0.4, 0.5) is 5.82 Å². The van der Waals surface area contributed by atoms with Gasteiger partial charge in [-0.25, -0.2) is 15.0 Å². The average molecular weight is 246 g/mol. The Bertz CT molecular complexity index is 479. The normalized spacial score (nSPS) is 10.6. The molecule has 0 bridgehead atoms. The van der Waals surface area contributed by atoms with Gasteiger partial charge in [-0.05, 0) is 19.8 Å². The summed E-state index contributed by atoms with van der Waals surface area (Å²) in [5, 5.41) is 9.97. The van der Waals surface area contributed by atoms with Gasteiger partial charge in [0.25, 0.3) is 0 Å². The minimum absolute atomic E-state index is 0.812. The van der Waals surface area contributed by atoms with E-state index < -0.39 is 0 Å². The van der Waals surface area contributed by atoms with Crippen LogP contribution in [0.25, 0.3) is 0 Å². The number of aromatic amines is 1. The molecule has 96 valence electrons. The molecule has 0 aliphatic carbocycles. The highest BCUT2D eigenvalue weighted by atomic mass is 15.2. The Morgan fingerprint density at radius 3 is 2.94 bits per heavy atom. The smallest absolute Gasteiger partial charge is 0.137 e. The van der Waals surface area contributed by atoms with Gasteiger partial charge in [-0.15, -0.1) is 0 Å². The van der Waals surface area contributed by atoms with Crippen molar-refractivity contribution >= 4 is 5.82 Å². The molecule has 2 aromatic heterocycles. The third-order valence-corrected chi connectivity index (χ3v) is 2.61. The van der Waals surface area contributed by atoms with E-state index in [1.807, 2.05) is 13.0 Å². The maximum absolute atomic E-state index is 4.36. The molecule has 0 unspecified atom stereocenters. The van der Waals surface area contributed by atoms with Gasteiger partial charge in [0.1, 0.15) is 23.8 Å². The fraction of sp³-hybridized carbons (Fsp3) is 0.500. The summed E-state index contributed by atoms with van der Waals surface area (Å²) in [5.74, 6) is 2.63. The molecule has 18 heavy (non-hydrogen) atoms. The Hall–Kier alpha value is -1.98. The lowest BCUT2D eigenvalue weighted by molar-refractivity contribution is 0.801. The van der Waals surface area contributed by atoms with Crippen LogP contribution in [-0.4, -0.2) is 31.7 Å². The summed E-state index contributed by atoms with van der Waals surface area (Å²) in [7, 11) is 0. The molecule has 0 aromatic carbocycles. The summed E-state index contributed by atoms with van der Waals surface area (Å²) in [6, 6.07) is 2.00. The molecule has 6 nitrogen and oxygen atoms in total. The van der Waals surface area contributed by atoms with Gasteiger partial charge in [-0.2, -0.15) is 5.10 Å². The summed E-state index contributed by atoms with van der Waals surface area (Å²) in [6.07, 6.45) is 4.33. The van der Waals surface area contributed by atoms with Gasteiger partial charge in [-0.3, -0.25) is 5.10 Å². The van der Waals surface area contributed by atoms with Crippen LogP contribution in [0.5, 0.6) is 0 Å². The van der Waals surface area contributed by atoms with Crippen molar-refractivity contribution in [1.29, 1.82) is 0 Å². The quantitative estimate of drug-likeness (QED) is 0.755. The number of aromatic nitrogens is 5. The van der Waals surface area contributed by atoms with Gasteiger partial charge < -0.3 is 5.32 Å². The van der Waals surface area contributed by atoms with Crippen molar-refractivity contribution in [2.24, 2.45) is 0 Å². The van der Waals surface area contributed by atoms with Gasteiger partial charge in [-0.1, -0.05) is 6.92 Å². The van der Waals surface area contributed by atoms with E-state index in [2.05, 4.69) is 37.4 Å². The summed E-state index contributed by atoms with van der Waals surface area (Å²) in [5.41, 5.74) is 1.07. The standard InChI is InChI=1S/C12H18N6/c1-3-10-7-12(17-9(2)16-10)13-6-4-5-11-14-8-15-18-11/h7-8H,3-6H2,1-2H3,(H,13,16,17)(H,14,15,18). The second kappa shape index (κ2) is 6.09. The summed E-state index contributed by atoms with van der Waals surface area (Å²) < 4.78 is 0. The summed E-state index contributed by atoms with van der Waals surface area (Å²) >= 11 is 0. The van der Waals surface area contributed by atoms with E-state index in [-0.39, 0.29) is 0 Å². The second-order valence-electron chi connectivity index (χ2n) is 4.11. The van der Waals surface area contributed by atoms with Gasteiger partial charge in [0.05, 0.1) is 0 Å². The van der Waals surface area contributed by atoms with E-state index in [0.29, 0.717) is 0 Å². The lowest BCUT2D eigenvalue weighted by Gasteiger charge is -2.07. The van der Waals surface area contributed by atoms with Crippen LogP contribution < -0.4 is 5.32 Å². The molecule has 2 heterocycles. The number of nitrogens with one attached hydrogen (secondary N) is 2. The summed E-state index contributed by atoms with van der Waals surface area (Å²) in [4.78, 5) is 12.8. The molecule has 0 fully saturated rings. The van der Waals surface area contributed by atoms with Crippen molar-refractivity contribution in [1.82, 2.24) is 25.1 Å². The van der Waals surface area contributed by atoms with E-state index in [1.54, 1.807) is 0 Å². The molecule has 0 amide bonds. The van der Waals surface area contributed by atoms with Crippen molar-refractivity contribution in [3.8, 4) is 0 Å². The Balaban J connectivity index is 1.81. The lowest BCUT2D eigenvalue weighted by atomic mass is 10.3. The number of hydrogen-bond donors (Lipinski definition) is 2. The topological polar surface area (TPSA) is 79.4 Å². The van der Waals surface area contributed by atoms with Crippen LogP contribution in [0.15, 0.2) is 12.4 Å². The lowest BCUT2D eigenvalue weighted by Crippen LogP contribution is -2.07. The van der Waals surface area contributed by atoms with Crippen molar-refractivity contribution < 1.29 is 0 Å². The zero-order valence-electron chi connectivity index (χ0n) is 10.8. The Labute approximate surface area is 106 Å². The number of aryl methyl sites for hydroxylation is 3. The highest BCUT2D eigenvalue weighted by Gasteiger charge is 2.00. The number of H-pyrrole nitrogens is 1. The molecule has 2 N–H and O–H groups in total. The third-order valence-electron chi connectivity index (χ3n) is 2.61. The second-order valence-corrected chi connectivity index (χ2v) is 4.11. The van der Waals surface area contributed by atoms with E-state index in [9.17, 15) is 0 Å². The molecule has 0 radical (unpaired) electrons. The predicted octanol–water partition coefficient (Wildman–Crippen LogP) is 1.51. The Kier molecular flexibility index (Phi) is 4.22. The first-order chi connectivity index (χ1) is 8.78. The molecule has 2 aromatic rings. The van der Waals surface area contributed by atoms with E-state index in [0.717, 1.165) is 49.0 Å². The molecule has 0 saturated carbocycles. The number of rotatable bonds is 6. The minimum Gasteiger partial charge on any atom is -0.370 e. The largest absolute Gasteiger partial charge is 0.370 e. The average Bonchev–Trinajstić information content (AvgIpc) is 2.87. The van der Waals surface area contributed by atoms with Gasteiger partial charge in [0, 0.05) is 24.7 Å². The number of anilines is 1. The first-order valence-electron chi connectivity index (χ1n) is 6.20. The molecule has 6 heteroatoms. The molecule has 2 rings (SSSR count). The molecule has 0 saturated heterocycles. The van der Waals surface area contributed by atoms with Crippen molar-refractivity contribution in [3.63, 3.8) is 0 Å². The SMILES string of the molecule is CCc1cc(NCCCc2ncn[nH]2)nc(C)n1. The van der Waals surface area contributed by atoms with Gasteiger partial charge >= 0.3 is 0 Å².